The van der Waals surface area contributed by atoms with Gasteiger partial charge in [0.05, 0.1) is 23.4 Å². The normalized spacial score (nSPS) is 11.9. The molecule has 0 aliphatic rings. The molecule has 0 aliphatic heterocycles. The van der Waals surface area contributed by atoms with Gasteiger partial charge in [-0.3, -0.25) is 14.2 Å². The van der Waals surface area contributed by atoms with Gasteiger partial charge in [-0.05, 0) is 48.2 Å². The minimum absolute atomic E-state index is 0.124. The van der Waals surface area contributed by atoms with Crippen LogP contribution in [-0.2, 0) is 11.3 Å². The molecule has 0 bridgehead atoms. The van der Waals surface area contributed by atoms with Crippen LogP contribution in [-0.4, -0.2) is 27.8 Å². The van der Waals surface area contributed by atoms with Gasteiger partial charge in [0, 0.05) is 6.54 Å². The molecular formula is C23H21N3O3S2. The number of fused-ring (bicyclic) bond motifs is 1. The average Bonchev–Trinajstić information content (AvgIpc) is 3.27. The molecule has 0 radical (unpaired) electrons. The number of ether oxygens (including phenoxy) is 1. The minimum atomic E-state index is -0.433. The average molecular weight is 452 g/mol. The molecule has 0 saturated heterocycles. The third kappa shape index (κ3) is 4.65. The predicted molar refractivity (Wildman–Crippen MR) is 125 cm³/mol. The van der Waals surface area contributed by atoms with E-state index < -0.39 is 5.25 Å². The number of aromatic nitrogens is 2. The lowest BCUT2D eigenvalue weighted by Gasteiger charge is -2.16. The van der Waals surface area contributed by atoms with E-state index in [1.807, 2.05) is 66.9 Å². The van der Waals surface area contributed by atoms with Gasteiger partial charge in [-0.2, -0.15) is 0 Å². The molecule has 2 aromatic heterocycles. The molecule has 0 fully saturated rings. The zero-order valence-electron chi connectivity index (χ0n) is 17.1. The lowest BCUT2D eigenvalue weighted by Crippen LogP contribution is -2.31. The Hall–Kier alpha value is -3.10. The number of carbonyl (C=O) groups is 1. The molecule has 1 amide bonds. The van der Waals surface area contributed by atoms with Crippen molar-refractivity contribution < 1.29 is 9.53 Å². The summed E-state index contributed by atoms with van der Waals surface area (Å²) in [5, 5.41) is 5.45. The Morgan fingerprint density at radius 2 is 1.90 bits per heavy atom. The molecule has 6 nitrogen and oxygen atoms in total. The second-order valence-electron chi connectivity index (χ2n) is 6.84. The van der Waals surface area contributed by atoms with Crippen LogP contribution in [0.15, 0.2) is 76.0 Å². The van der Waals surface area contributed by atoms with E-state index >= 15 is 0 Å². The number of nitrogens with zero attached hydrogens (tertiary/aromatic N) is 2. The van der Waals surface area contributed by atoms with Crippen molar-refractivity contribution in [2.45, 2.75) is 23.9 Å². The zero-order chi connectivity index (χ0) is 21.8. The summed E-state index contributed by atoms with van der Waals surface area (Å²) in [5.41, 5.74) is 1.57. The predicted octanol–water partition coefficient (Wildman–Crippen LogP) is 4.25. The molecule has 1 atom stereocenters. The summed E-state index contributed by atoms with van der Waals surface area (Å²) in [7, 11) is 1.62. The number of benzene rings is 2. The maximum Gasteiger partial charge on any atom is 0.267 e. The van der Waals surface area contributed by atoms with Crippen LogP contribution in [0.3, 0.4) is 0 Å². The maximum atomic E-state index is 13.1. The Kier molecular flexibility index (Phi) is 6.39. The van der Waals surface area contributed by atoms with E-state index in [2.05, 4.69) is 10.3 Å². The van der Waals surface area contributed by atoms with Crippen LogP contribution in [0.5, 0.6) is 5.75 Å². The monoisotopic (exact) mass is 451 g/mol. The molecule has 2 aromatic carbocycles. The lowest BCUT2D eigenvalue weighted by atomic mass is 10.2. The van der Waals surface area contributed by atoms with Crippen molar-refractivity contribution in [1.82, 2.24) is 14.9 Å². The Morgan fingerprint density at radius 1 is 1.16 bits per heavy atom. The lowest BCUT2D eigenvalue weighted by molar-refractivity contribution is -0.120. The van der Waals surface area contributed by atoms with Crippen LogP contribution in [0.4, 0.5) is 0 Å². The van der Waals surface area contributed by atoms with Crippen LogP contribution < -0.4 is 15.6 Å². The summed E-state index contributed by atoms with van der Waals surface area (Å²) in [5.74, 6) is 0.647. The highest BCUT2D eigenvalue weighted by atomic mass is 32.2. The van der Waals surface area contributed by atoms with Crippen LogP contribution in [0.1, 0.15) is 12.5 Å². The third-order valence-corrected chi connectivity index (χ3v) is 6.62. The van der Waals surface area contributed by atoms with Crippen LogP contribution in [0, 0.1) is 0 Å². The van der Waals surface area contributed by atoms with Gasteiger partial charge in [-0.1, -0.05) is 42.1 Å². The van der Waals surface area contributed by atoms with Gasteiger partial charge >= 0.3 is 0 Å². The van der Waals surface area contributed by atoms with Crippen molar-refractivity contribution in [1.29, 1.82) is 0 Å². The van der Waals surface area contributed by atoms with Crippen molar-refractivity contribution in [2.24, 2.45) is 0 Å². The maximum absolute atomic E-state index is 13.1. The molecule has 4 rings (SSSR count). The Balaban J connectivity index is 1.55. The van der Waals surface area contributed by atoms with Crippen molar-refractivity contribution in [3.63, 3.8) is 0 Å². The van der Waals surface area contributed by atoms with E-state index in [1.165, 1.54) is 23.1 Å². The fraction of sp³-hybridized carbons (Fsp3) is 0.174. The molecule has 0 spiro atoms. The Morgan fingerprint density at radius 3 is 2.61 bits per heavy atom. The number of amides is 1. The van der Waals surface area contributed by atoms with E-state index in [4.69, 9.17) is 4.74 Å². The molecule has 4 aromatic rings. The SMILES string of the molecule is COc1ccc(CNC(=O)[C@H](C)Sc2nc3sccc3c(=O)n2-c2ccccc2)cc1. The second-order valence-corrected chi connectivity index (χ2v) is 9.04. The topological polar surface area (TPSA) is 73.2 Å². The highest BCUT2D eigenvalue weighted by Gasteiger charge is 2.20. The fourth-order valence-corrected chi connectivity index (χ4v) is 4.82. The van der Waals surface area contributed by atoms with Gasteiger partial charge < -0.3 is 10.1 Å². The summed E-state index contributed by atoms with van der Waals surface area (Å²) in [4.78, 5) is 31.2. The van der Waals surface area contributed by atoms with Crippen LogP contribution in [0.2, 0.25) is 0 Å². The summed E-state index contributed by atoms with van der Waals surface area (Å²) in [6.45, 7) is 2.23. The van der Waals surface area contributed by atoms with Crippen molar-refractivity contribution in [3.05, 3.63) is 82.0 Å². The first kappa shape index (κ1) is 21.1. The van der Waals surface area contributed by atoms with Crippen LogP contribution >= 0.6 is 23.1 Å². The van der Waals surface area contributed by atoms with Crippen LogP contribution in [0.25, 0.3) is 15.9 Å². The first-order chi connectivity index (χ1) is 15.1. The summed E-state index contributed by atoms with van der Waals surface area (Å²) >= 11 is 2.69. The standard InChI is InChI=1S/C23H21N3O3S2/c1-15(20(27)24-14-16-8-10-18(29-2)11-9-16)31-23-25-21-19(12-13-30-21)22(28)26(23)17-6-4-3-5-7-17/h3-13,15H,14H2,1-2H3,(H,24,27)/t15-/m0/s1. The van der Waals surface area contributed by atoms with Gasteiger partial charge in [0.2, 0.25) is 5.91 Å². The van der Waals surface area contributed by atoms with Crippen molar-refractivity contribution in [2.75, 3.05) is 7.11 Å². The first-order valence-corrected chi connectivity index (χ1v) is 11.5. The summed E-state index contributed by atoms with van der Waals surface area (Å²) in [6, 6.07) is 18.7. The number of para-hydroxylation sites is 1. The smallest absolute Gasteiger partial charge is 0.267 e. The Bertz CT molecular complexity index is 1250. The van der Waals surface area contributed by atoms with E-state index in [1.54, 1.807) is 17.7 Å². The van der Waals surface area contributed by atoms with E-state index in [-0.39, 0.29) is 11.5 Å². The number of methoxy groups -OCH3 is 1. The van der Waals surface area contributed by atoms with E-state index in [0.29, 0.717) is 21.9 Å². The van der Waals surface area contributed by atoms with E-state index in [0.717, 1.165) is 17.0 Å². The number of rotatable bonds is 7. The molecule has 0 saturated carbocycles. The third-order valence-electron chi connectivity index (χ3n) is 4.76. The molecule has 1 N–H and O–H groups in total. The largest absolute Gasteiger partial charge is 0.497 e. The molecule has 2 heterocycles. The number of nitrogens with one attached hydrogen (secondary N) is 1. The highest BCUT2D eigenvalue weighted by molar-refractivity contribution is 8.00. The number of hydrogen-bond acceptors (Lipinski definition) is 6. The molecular weight excluding hydrogens is 430 g/mol. The molecule has 0 aliphatic carbocycles. The summed E-state index contributed by atoms with van der Waals surface area (Å²) in [6.07, 6.45) is 0. The zero-order valence-corrected chi connectivity index (χ0v) is 18.7. The molecule has 0 unspecified atom stereocenters. The summed E-state index contributed by atoms with van der Waals surface area (Å²) < 4.78 is 6.73. The van der Waals surface area contributed by atoms with Gasteiger partial charge in [-0.25, -0.2) is 4.98 Å². The quantitative estimate of drug-likeness (QED) is 0.336. The molecule has 158 valence electrons. The minimum Gasteiger partial charge on any atom is -0.497 e. The number of thioether (sulfide) groups is 1. The number of carbonyl (C=O) groups excluding carboxylic acids is 1. The second kappa shape index (κ2) is 9.36. The van der Waals surface area contributed by atoms with Gasteiger partial charge in [-0.15, -0.1) is 11.3 Å². The highest BCUT2D eigenvalue weighted by Crippen LogP contribution is 2.26. The van der Waals surface area contributed by atoms with Gasteiger partial charge in [0.1, 0.15) is 10.6 Å². The Labute approximate surface area is 187 Å². The van der Waals surface area contributed by atoms with Gasteiger partial charge in [0.15, 0.2) is 5.16 Å². The van der Waals surface area contributed by atoms with Crippen molar-refractivity contribution in [3.8, 4) is 11.4 Å². The number of hydrogen-bond donors (Lipinski definition) is 1. The van der Waals surface area contributed by atoms with Crippen molar-refractivity contribution >= 4 is 39.2 Å². The van der Waals surface area contributed by atoms with Gasteiger partial charge in [0.25, 0.3) is 5.56 Å². The fourth-order valence-electron chi connectivity index (χ4n) is 3.07. The molecule has 31 heavy (non-hydrogen) atoms. The van der Waals surface area contributed by atoms with E-state index in [9.17, 15) is 9.59 Å². The first-order valence-electron chi connectivity index (χ1n) is 9.70. The number of thiophene rings is 1. The molecule has 8 heteroatoms.